The van der Waals surface area contributed by atoms with E-state index in [4.69, 9.17) is 4.98 Å². The molecule has 4 aromatic rings. The van der Waals surface area contributed by atoms with E-state index in [1.807, 2.05) is 56.4 Å². The standard InChI is InChI=1S/C23H24N4O2S/c1-17-9-10-18(2)22(16-17)30(28,29)26-14-12-25(13-15-26)23-21-8-5-11-27(21)20-7-4-3-6-19(20)24-23/h3-11,16H,12-15H2,1-2H3. The fraction of sp³-hybridized carbons (Fsp3) is 0.261. The van der Waals surface area contributed by atoms with Gasteiger partial charge in [0.2, 0.25) is 10.0 Å². The van der Waals surface area contributed by atoms with Crippen molar-refractivity contribution in [1.82, 2.24) is 13.7 Å². The summed E-state index contributed by atoms with van der Waals surface area (Å²) >= 11 is 0. The first-order valence-corrected chi connectivity index (χ1v) is 11.6. The van der Waals surface area contributed by atoms with Crippen molar-refractivity contribution in [3.05, 3.63) is 71.9 Å². The van der Waals surface area contributed by atoms with Crippen molar-refractivity contribution in [3.63, 3.8) is 0 Å². The second kappa shape index (κ2) is 7.11. The Morgan fingerprint density at radius 2 is 1.60 bits per heavy atom. The fourth-order valence-electron chi connectivity index (χ4n) is 4.20. The zero-order chi connectivity index (χ0) is 20.9. The van der Waals surface area contributed by atoms with Crippen LogP contribution in [0.25, 0.3) is 16.6 Å². The smallest absolute Gasteiger partial charge is 0.243 e. The molecule has 1 fully saturated rings. The number of fused-ring (bicyclic) bond motifs is 3. The lowest BCUT2D eigenvalue weighted by atomic mass is 10.2. The van der Waals surface area contributed by atoms with Gasteiger partial charge in [0.15, 0.2) is 5.82 Å². The maximum atomic E-state index is 13.2. The summed E-state index contributed by atoms with van der Waals surface area (Å²) in [4.78, 5) is 7.51. The van der Waals surface area contributed by atoms with E-state index >= 15 is 0 Å². The van der Waals surface area contributed by atoms with Gasteiger partial charge in [0.25, 0.3) is 0 Å². The molecule has 2 aromatic carbocycles. The topological polar surface area (TPSA) is 57.9 Å². The molecule has 0 saturated carbocycles. The predicted molar refractivity (Wildman–Crippen MR) is 120 cm³/mol. The third-order valence-electron chi connectivity index (χ3n) is 5.85. The van der Waals surface area contributed by atoms with Crippen molar-refractivity contribution in [3.8, 4) is 0 Å². The molecule has 6 nitrogen and oxygen atoms in total. The molecule has 0 aliphatic carbocycles. The molecule has 1 aliphatic heterocycles. The number of sulfonamides is 1. The summed E-state index contributed by atoms with van der Waals surface area (Å²) in [6.07, 6.45) is 2.05. The highest BCUT2D eigenvalue weighted by Crippen LogP contribution is 2.28. The molecule has 0 spiro atoms. The highest BCUT2D eigenvalue weighted by molar-refractivity contribution is 7.89. The number of nitrogens with zero attached hydrogens (tertiary/aromatic N) is 4. The summed E-state index contributed by atoms with van der Waals surface area (Å²) in [5, 5.41) is 0. The number of rotatable bonds is 3. The van der Waals surface area contributed by atoms with Crippen LogP contribution in [0.1, 0.15) is 11.1 Å². The molecule has 7 heteroatoms. The first-order chi connectivity index (χ1) is 14.4. The number of hydrogen-bond acceptors (Lipinski definition) is 4. The van der Waals surface area contributed by atoms with E-state index in [1.165, 1.54) is 0 Å². The van der Waals surface area contributed by atoms with Crippen molar-refractivity contribution in [1.29, 1.82) is 0 Å². The molecule has 0 amide bonds. The SMILES string of the molecule is Cc1ccc(C)c(S(=O)(=O)N2CCN(c3nc4ccccc4n4cccc34)CC2)c1. The number of piperazine rings is 1. The molecule has 30 heavy (non-hydrogen) atoms. The van der Waals surface area contributed by atoms with Gasteiger partial charge in [0, 0.05) is 32.4 Å². The van der Waals surface area contributed by atoms with Crippen LogP contribution in [0.15, 0.2) is 65.7 Å². The van der Waals surface area contributed by atoms with Crippen LogP contribution in [-0.2, 0) is 10.0 Å². The first-order valence-electron chi connectivity index (χ1n) is 10.1. The second-order valence-electron chi connectivity index (χ2n) is 7.85. The van der Waals surface area contributed by atoms with Gasteiger partial charge in [-0.3, -0.25) is 0 Å². The molecule has 0 radical (unpaired) electrons. The molecular formula is C23H24N4O2S. The quantitative estimate of drug-likeness (QED) is 0.508. The molecular weight excluding hydrogens is 396 g/mol. The van der Waals surface area contributed by atoms with Crippen molar-refractivity contribution in [2.24, 2.45) is 0 Å². The van der Waals surface area contributed by atoms with Gasteiger partial charge in [-0.25, -0.2) is 13.4 Å². The Balaban J connectivity index is 1.45. The van der Waals surface area contributed by atoms with Crippen LogP contribution in [0.5, 0.6) is 0 Å². The van der Waals surface area contributed by atoms with Crippen LogP contribution in [0.4, 0.5) is 5.82 Å². The lowest BCUT2D eigenvalue weighted by molar-refractivity contribution is 0.384. The zero-order valence-corrected chi connectivity index (χ0v) is 17.9. The predicted octanol–water partition coefficient (Wildman–Crippen LogP) is 3.62. The highest BCUT2D eigenvalue weighted by atomic mass is 32.2. The van der Waals surface area contributed by atoms with Crippen molar-refractivity contribution < 1.29 is 8.42 Å². The van der Waals surface area contributed by atoms with Gasteiger partial charge in [-0.1, -0.05) is 24.3 Å². The molecule has 5 rings (SSSR count). The van der Waals surface area contributed by atoms with Crippen molar-refractivity contribution in [2.75, 3.05) is 31.1 Å². The van der Waals surface area contributed by atoms with Crippen LogP contribution >= 0.6 is 0 Å². The van der Waals surface area contributed by atoms with Gasteiger partial charge >= 0.3 is 0 Å². The van der Waals surface area contributed by atoms with Crippen LogP contribution in [-0.4, -0.2) is 48.3 Å². The normalized spacial score (nSPS) is 15.9. The fourth-order valence-corrected chi connectivity index (χ4v) is 5.94. The molecule has 3 heterocycles. The van der Waals surface area contributed by atoms with E-state index < -0.39 is 10.0 Å². The summed E-state index contributed by atoms with van der Waals surface area (Å²) in [6, 6.07) is 17.8. The number of para-hydroxylation sites is 2. The number of aryl methyl sites for hydroxylation is 2. The van der Waals surface area contributed by atoms with E-state index in [0.29, 0.717) is 31.1 Å². The minimum Gasteiger partial charge on any atom is -0.352 e. The largest absolute Gasteiger partial charge is 0.352 e. The Hall–Kier alpha value is -2.90. The van der Waals surface area contributed by atoms with Crippen LogP contribution in [0.2, 0.25) is 0 Å². The molecule has 0 atom stereocenters. The molecule has 1 saturated heterocycles. The zero-order valence-electron chi connectivity index (χ0n) is 17.1. The number of benzene rings is 2. The van der Waals surface area contributed by atoms with Gasteiger partial charge in [-0.2, -0.15) is 4.31 Å². The second-order valence-corrected chi connectivity index (χ2v) is 9.75. The minimum absolute atomic E-state index is 0.411. The first kappa shape index (κ1) is 19.1. The van der Waals surface area contributed by atoms with Crippen LogP contribution in [0, 0.1) is 13.8 Å². The van der Waals surface area contributed by atoms with Crippen LogP contribution < -0.4 is 4.90 Å². The minimum atomic E-state index is -3.51. The summed E-state index contributed by atoms with van der Waals surface area (Å²) in [7, 11) is -3.51. The van der Waals surface area contributed by atoms with Gasteiger partial charge in [0.05, 0.1) is 21.4 Å². The molecule has 1 aliphatic rings. The maximum Gasteiger partial charge on any atom is 0.243 e. The number of hydrogen-bond donors (Lipinski definition) is 0. The van der Waals surface area contributed by atoms with Gasteiger partial charge in [-0.05, 0) is 55.3 Å². The Morgan fingerprint density at radius 1 is 0.867 bits per heavy atom. The van der Waals surface area contributed by atoms with Gasteiger partial charge in [-0.15, -0.1) is 0 Å². The van der Waals surface area contributed by atoms with Crippen LogP contribution in [0.3, 0.4) is 0 Å². The van der Waals surface area contributed by atoms with E-state index in [-0.39, 0.29) is 0 Å². The summed E-state index contributed by atoms with van der Waals surface area (Å²) in [6.45, 7) is 5.87. The average Bonchev–Trinajstić information content (AvgIpc) is 3.25. The molecule has 0 unspecified atom stereocenters. The summed E-state index contributed by atoms with van der Waals surface area (Å²) in [5.41, 5.74) is 4.78. The number of anilines is 1. The van der Waals surface area contributed by atoms with E-state index in [0.717, 1.165) is 33.5 Å². The monoisotopic (exact) mass is 420 g/mol. The molecule has 2 aromatic heterocycles. The van der Waals surface area contributed by atoms with Crippen molar-refractivity contribution in [2.45, 2.75) is 18.7 Å². The lowest BCUT2D eigenvalue weighted by Crippen LogP contribution is -2.49. The van der Waals surface area contributed by atoms with Gasteiger partial charge in [0.1, 0.15) is 0 Å². The number of aromatic nitrogens is 2. The average molecular weight is 421 g/mol. The summed E-state index contributed by atoms with van der Waals surface area (Å²) in [5.74, 6) is 0.905. The Morgan fingerprint density at radius 3 is 2.40 bits per heavy atom. The summed E-state index contributed by atoms with van der Waals surface area (Å²) < 4.78 is 30.2. The van der Waals surface area contributed by atoms with Crippen molar-refractivity contribution >= 4 is 32.4 Å². The highest BCUT2D eigenvalue weighted by Gasteiger charge is 2.30. The third kappa shape index (κ3) is 3.05. The lowest BCUT2D eigenvalue weighted by Gasteiger charge is -2.35. The van der Waals surface area contributed by atoms with E-state index in [2.05, 4.69) is 21.4 Å². The third-order valence-corrected chi connectivity index (χ3v) is 7.89. The Kier molecular flexibility index (Phi) is 4.52. The molecule has 0 bridgehead atoms. The van der Waals surface area contributed by atoms with Gasteiger partial charge < -0.3 is 9.30 Å². The van der Waals surface area contributed by atoms with E-state index in [1.54, 1.807) is 10.4 Å². The van der Waals surface area contributed by atoms with E-state index in [9.17, 15) is 8.42 Å². The Bertz CT molecular complexity index is 1350. The molecule has 0 N–H and O–H groups in total. The molecule has 154 valence electrons. The Labute approximate surface area is 176 Å². The maximum absolute atomic E-state index is 13.2.